The first-order chi connectivity index (χ1) is 22.1. The normalized spacial score (nSPS) is 32.0. The van der Waals surface area contributed by atoms with Gasteiger partial charge in [0.25, 0.3) is 0 Å². The average Bonchev–Trinajstić information content (AvgIpc) is 3.03. The number of hydrogen-bond donors (Lipinski definition) is 12. The van der Waals surface area contributed by atoms with E-state index < -0.39 is 78.5 Å². The van der Waals surface area contributed by atoms with Crippen molar-refractivity contribution < 1.29 is 54.5 Å². The summed E-state index contributed by atoms with van der Waals surface area (Å²) in [5.41, 5.74) is 16.9. The third kappa shape index (κ3) is 12.9. The second kappa shape index (κ2) is 20.1. The summed E-state index contributed by atoms with van der Waals surface area (Å²) in [5.74, 6) is 0.420. The highest BCUT2D eigenvalue weighted by Crippen LogP contribution is 2.27. The SMILES string of the molecule is CC(C)(CO)[C@@H](O)C(=O)NCCC(=O)NCCSCCCCCC(=O)NC[C@H]1OC(O[C@H]2[C@H](O)[C@@H](O)[C@H](N)C[C@@H]2N)[C@H](N)[C@@H](O)[C@@H]1O. The predicted molar refractivity (Wildman–Crippen MR) is 172 cm³/mol. The molecule has 0 aromatic carbocycles. The number of rotatable bonds is 19. The van der Waals surface area contributed by atoms with Crippen LogP contribution in [0.4, 0.5) is 0 Å². The molecule has 47 heavy (non-hydrogen) atoms. The van der Waals surface area contributed by atoms with Gasteiger partial charge < -0.3 is 73.3 Å². The Morgan fingerprint density at radius 2 is 1.55 bits per heavy atom. The number of nitrogens with two attached hydrogens (primary N) is 3. The van der Waals surface area contributed by atoms with E-state index in [9.17, 15) is 45.0 Å². The summed E-state index contributed by atoms with van der Waals surface area (Å²) >= 11 is 1.66. The molecule has 1 saturated carbocycles. The maximum Gasteiger partial charge on any atom is 0.249 e. The van der Waals surface area contributed by atoms with E-state index >= 15 is 0 Å². The van der Waals surface area contributed by atoms with Crippen molar-refractivity contribution in [1.82, 2.24) is 16.0 Å². The molecule has 0 aromatic rings. The standard InChI is InChI=1S/C29H56N6O11S/c1-29(2,14-36)26(43)27(44)34-8-7-19(38)33-9-11-47-10-5-3-4-6-18(37)35-13-17-22(40)23(41)20(32)28(45-17)46-25-16(31)12-15(30)21(39)24(25)42/h15-17,20-26,28,36,39-43H,3-14,30-32H2,1-2H3,(H,33,38)(H,34,44)(H,35,37)/t15-,16+,17-,20-,21+,22-,23-,24-,25-,26+,28?/m1/s1. The lowest BCUT2D eigenvalue weighted by atomic mass is 9.84. The van der Waals surface area contributed by atoms with Gasteiger partial charge in [0.05, 0.1) is 18.8 Å². The van der Waals surface area contributed by atoms with Crippen LogP contribution in [-0.2, 0) is 23.9 Å². The van der Waals surface area contributed by atoms with E-state index in [1.807, 2.05) is 0 Å². The fraction of sp³-hybridized carbons (Fsp3) is 0.897. The first-order valence-corrected chi connectivity index (χ1v) is 17.2. The monoisotopic (exact) mass is 696 g/mol. The van der Waals surface area contributed by atoms with Crippen LogP contribution in [0.3, 0.4) is 0 Å². The first-order valence-electron chi connectivity index (χ1n) is 16.1. The maximum atomic E-state index is 12.4. The second-order valence-electron chi connectivity index (χ2n) is 12.9. The minimum atomic E-state index is -1.44. The number of ether oxygens (including phenoxy) is 2. The maximum absolute atomic E-state index is 12.4. The molecule has 2 aliphatic rings. The van der Waals surface area contributed by atoms with Crippen LogP contribution in [0.5, 0.6) is 0 Å². The van der Waals surface area contributed by atoms with E-state index in [0.717, 1.165) is 18.6 Å². The van der Waals surface area contributed by atoms with E-state index in [0.29, 0.717) is 18.7 Å². The van der Waals surface area contributed by atoms with Gasteiger partial charge in [0.15, 0.2) is 6.29 Å². The largest absolute Gasteiger partial charge is 0.396 e. The van der Waals surface area contributed by atoms with Gasteiger partial charge >= 0.3 is 0 Å². The van der Waals surface area contributed by atoms with Gasteiger partial charge in [-0.1, -0.05) is 20.3 Å². The van der Waals surface area contributed by atoms with Crippen LogP contribution in [-0.4, -0.2) is 153 Å². The van der Waals surface area contributed by atoms with E-state index in [1.54, 1.807) is 25.6 Å². The minimum Gasteiger partial charge on any atom is -0.396 e. The van der Waals surface area contributed by atoms with Gasteiger partial charge in [-0.05, 0) is 25.0 Å². The molecule has 2 fully saturated rings. The Bertz CT molecular complexity index is 985. The highest BCUT2D eigenvalue weighted by Gasteiger charge is 2.48. The van der Waals surface area contributed by atoms with Crippen LogP contribution in [0, 0.1) is 5.41 Å². The van der Waals surface area contributed by atoms with Gasteiger partial charge in [-0.25, -0.2) is 0 Å². The Hall–Kier alpha value is -1.68. The lowest BCUT2D eigenvalue weighted by Crippen LogP contribution is -2.67. The fourth-order valence-electron chi connectivity index (χ4n) is 5.13. The molecule has 0 radical (unpaired) electrons. The molecule has 1 aliphatic heterocycles. The molecule has 0 aromatic heterocycles. The summed E-state index contributed by atoms with van der Waals surface area (Å²) in [6, 6.07) is -2.64. The number of aliphatic hydroxyl groups is 6. The van der Waals surface area contributed by atoms with Gasteiger partial charge in [-0.15, -0.1) is 0 Å². The first kappa shape index (κ1) is 41.5. The quantitative estimate of drug-likeness (QED) is 0.0565. The van der Waals surface area contributed by atoms with Crippen LogP contribution < -0.4 is 33.2 Å². The molecule has 1 heterocycles. The molecule has 0 spiro atoms. The van der Waals surface area contributed by atoms with Crippen LogP contribution in [0.25, 0.3) is 0 Å². The fourth-order valence-corrected chi connectivity index (χ4v) is 5.99. The number of nitrogens with one attached hydrogen (secondary N) is 3. The van der Waals surface area contributed by atoms with Crippen LogP contribution in [0.1, 0.15) is 52.4 Å². The molecular weight excluding hydrogens is 640 g/mol. The van der Waals surface area contributed by atoms with Crippen LogP contribution >= 0.6 is 11.8 Å². The lowest BCUT2D eigenvalue weighted by Gasteiger charge is -2.45. The molecule has 17 nitrogen and oxygen atoms in total. The molecule has 2 rings (SSSR count). The number of thioether (sulfide) groups is 1. The summed E-state index contributed by atoms with van der Waals surface area (Å²) in [5, 5.41) is 68.5. The van der Waals surface area contributed by atoms with Crippen LogP contribution in [0.2, 0.25) is 0 Å². The summed E-state index contributed by atoms with van der Waals surface area (Å²) in [6.07, 6.45) is -7.49. The van der Waals surface area contributed by atoms with Gasteiger partial charge in [0.1, 0.15) is 36.6 Å². The van der Waals surface area contributed by atoms with E-state index in [2.05, 4.69) is 16.0 Å². The zero-order valence-corrected chi connectivity index (χ0v) is 28.0. The number of unbranched alkanes of at least 4 members (excludes halogenated alkanes) is 2. The van der Waals surface area contributed by atoms with Crippen LogP contribution in [0.15, 0.2) is 0 Å². The molecule has 0 bridgehead atoms. The zero-order chi connectivity index (χ0) is 35.3. The summed E-state index contributed by atoms with van der Waals surface area (Å²) in [4.78, 5) is 36.3. The molecule has 15 N–H and O–H groups in total. The molecule has 18 heteroatoms. The Balaban J connectivity index is 1.56. The van der Waals surface area contributed by atoms with Gasteiger partial charge in [-0.3, -0.25) is 14.4 Å². The number of amides is 3. The molecule has 11 atom stereocenters. The number of carbonyl (C=O) groups is 3. The Labute approximate surface area is 279 Å². The van der Waals surface area contributed by atoms with Crippen molar-refractivity contribution in [2.45, 2.75) is 120 Å². The van der Waals surface area contributed by atoms with Crippen molar-refractivity contribution in [2.24, 2.45) is 22.6 Å². The molecule has 1 aliphatic carbocycles. The van der Waals surface area contributed by atoms with Crippen molar-refractivity contribution in [3.63, 3.8) is 0 Å². The van der Waals surface area contributed by atoms with E-state index in [4.69, 9.17) is 26.7 Å². The molecular formula is C29H56N6O11S. The number of hydrogen-bond acceptors (Lipinski definition) is 15. The predicted octanol–water partition coefficient (Wildman–Crippen LogP) is -4.66. The van der Waals surface area contributed by atoms with Gasteiger partial charge in [0, 0.05) is 55.7 Å². The molecule has 274 valence electrons. The minimum absolute atomic E-state index is 0.0684. The van der Waals surface area contributed by atoms with Crippen molar-refractivity contribution in [2.75, 3.05) is 37.7 Å². The number of aliphatic hydroxyl groups excluding tert-OH is 6. The van der Waals surface area contributed by atoms with Crippen molar-refractivity contribution in [1.29, 1.82) is 0 Å². The number of carbonyl (C=O) groups excluding carboxylic acids is 3. The zero-order valence-electron chi connectivity index (χ0n) is 27.2. The van der Waals surface area contributed by atoms with Gasteiger partial charge in [0.2, 0.25) is 17.7 Å². The van der Waals surface area contributed by atoms with Crippen molar-refractivity contribution in [3.8, 4) is 0 Å². The highest BCUT2D eigenvalue weighted by molar-refractivity contribution is 7.99. The van der Waals surface area contributed by atoms with Crippen molar-refractivity contribution in [3.05, 3.63) is 0 Å². The van der Waals surface area contributed by atoms with E-state index in [-0.39, 0.29) is 50.8 Å². The Morgan fingerprint density at radius 1 is 0.872 bits per heavy atom. The Kier molecular flexibility index (Phi) is 17.7. The molecule has 1 unspecified atom stereocenters. The van der Waals surface area contributed by atoms with E-state index in [1.165, 1.54) is 0 Å². The van der Waals surface area contributed by atoms with Crippen molar-refractivity contribution >= 4 is 29.5 Å². The summed E-state index contributed by atoms with van der Waals surface area (Å²) < 4.78 is 11.5. The second-order valence-corrected chi connectivity index (χ2v) is 14.1. The topological polar surface area (TPSA) is 305 Å². The summed E-state index contributed by atoms with van der Waals surface area (Å²) in [6.45, 7) is 3.19. The molecule has 1 saturated heterocycles. The third-order valence-corrected chi connectivity index (χ3v) is 9.51. The Morgan fingerprint density at radius 3 is 2.23 bits per heavy atom. The lowest BCUT2D eigenvalue weighted by molar-refractivity contribution is -0.288. The average molecular weight is 697 g/mol. The van der Waals surface area contributed by atoms with Gasteiger partial charge in [-0.2, -0.15) is 11.8 Å². The molecule has 3 amide bonds. The highest BCUT2D eigenvalue weighted by atomic mass is 32.2. The summed E-state index contributed by atoms with van der Waals surface area (Å²) in [7, 11) is 0. The third-order valence-electron chi connectivity index (χ3n) is 8.44. The smallest absolute Gasteiger partial charge is 0.249 e.